The second kappa shape index (κ2) is 4.17. The molecule has 92 valence electrons. The monoisotopic (exact) mass is 234 g/mol. The molecule has 0 saturated heterocycles. The minimum Gasteiger partial charge on any atom is -0.461 e. The zero-order chi connectivity index (χ0) is 11.8. The first-order valence-electron chi connectivity index (χ1n) is 6.48. The van der Waals surface area contributed by atoms with Gasteiger partial charge in [0.25, 0.3) is 0 Å². The van der Waals surface area contributed by atoms with Crippen molar-refractivity contribution in [3.05, 3.63) is 18.2 Å². The summed E-state index contributed by atoms with van der Waals surface area (Å²) in [7, 11) is 0. The van der Waals surface area contributed by atoms with Crippen LogP contribution in [-0.4, -0.2) is 22.1 Å². The Morgan fingerprint density at radius 2 is 2.41 bits per heavy atom. The Bertz CT molecular complexity index is 427. The number of hydrogen-bond donors (Lipinski definition) is 0. The molecule has 17 heavy (non-hydrogen) atoms. The van der Waals surface area contributed by atoms with Gasteiger partial charge in [0.2, 0.25) is 0 Å². The molecular weight excluding hydrogens is 216 g/mol. The van der Waals surface area contributed by atoms with Gasteiger partial charge in [0.05, 0.1) is 12.9 Å². The maximum Gasteiger partial charge on any atom is 0.358 e. The first-order valence-corrected chi connectivity index (χ1v) is 6.48. The predicted molar refractivity (Wildman–Crippen MR) is 62.7 cm³/mol. The molecule has 0 aliphatic heterocycles. The number of ether oxygens (including phenoxy) is 1. The fourth-order valence-corrected chi connectivity index (χ4v) is 3.40. The van der Waals surface area contributed by atoms with E-state index in [9.17, 15) is 4.79 Å². The number of hydrogen-bond acceptors (Lipinski definition) is 3. The number of fused-ring (bicyclic) bond motifs is 2. The summed E-state index contributed by atoms with van der Waals surface area (Å²) in [6.45, 7) is 2.21. The van der Waals surface area contributed by atoms with Gasteiger partial charge in [-0.3, -0.25) is 0 Å². The molecule has 2 fully saturated rings. The Morgan fingerprint density at radius 3 is 3.06 bits per heavy atom. The highest BCUT2D eigenvalue weighted by molar-refractivity contribution is 5.86. The predicted octanol–water partition coefficient (Wildman–Crippen LogP) is 2.42. The largest absolute Gasteiger partial charge is 0.461 e. The molecule has 0 unspecified atom stereocenters. The van der Waals surface area contributed by atoms with Crippen molar-refractivity contribution in [3.8, 4) is 0 Å². The minimum atomic E-state index is -0.311. The summed E-state index contributed by atoms with van der Waals surface area (Å²) in [5, 5.41) is 0. The highest BCUT2D eigenvalue weighted by Gasteiger charge is 2.40. The van der Waals surface area contributed by atoms with Gasteiger partial charge in [0, 0.05) is 12.2 Å². The van der Waals surface area contributed by atoms with Crippen LogP contribution in [0.2, 0.25) is 0 Å². The number of imidazole rings is 1. The van der Waals surface area contributed by atoms with Gasteiger partial charge < -0.3 is 9.30 Å². The number of carbonyl (C=O) groups is 1. The van der Waals surface area contributed by atoms with Crippen molar-refractivity contribution in [1.82, 2.24) is 9.55 Å². The lowest BCUT2D eigenvalue weighted by atomic mass is 9.95. The van der Waals surface area contributed by atoms with E-state index in [2.05, 4.69) is 9.55 Å². The van der Waals surface area contributed by atoms with E-state index in [4.69, 9.17) is 4.74 Å². The van der Waals surface area contributed by atoms with E-state index < -0.39 is 0 Å². The van der Waals surface area contributed by atoms with Crippen LogP contribution in [-0.2, 0) is 4.74 Å². The first-order chi connectivity index (χ1) is 8.28. The number of esters is 1. The zero-order valence-electron chi connectivity index (χ0n) is 10.1. The van der Waals surface area contributed by atoms with Gasteiger partial charge in [0.1, 0.15) is 0 Å². The molecule has 0 spiro atoms. The molecule has 3 atom stereocenters. The summed E-state index contributed by atoms with van der Waals surface area (Å²) in [6.07, 6.45) is 8.98. The molecule has 4 heteroatoms. The quantitative estimate of drug-likeness (QED) is 0.754. The van der Waals surface area contributed by atoms with Gasteiger partial charge in [-0.05, 0) is 38.0 Å². The molecule has 0 aromatic carbocycles. The highest BCUT2D eigenvalue weighted by Crippen LogP contribution is 2.50. The number of carbonyl (C=O) groups excluding carboxylic acids is 1. The molecule has 2 aliphatic rings. The smallest absolute Gasteiger partial charge is 0.358 e. The summed E-state index contributed by atoms with van der Waals surface area (Å²) in [5.41, 5.74) is 0.439. The lowest BCUT2D eigenvalue weighted by molar-refractivity contribution is 0.0520. The van der Waals surface area contributed by atoms with Crippen LogP contribution in [0.15, 0.2) is 12.5 Å². The van der Waals surface area contributed by atoms with Crippen molar-refractivity contribution in [2.24, 2.45) is 11.8 Å². The van der Waals surface area contributed by atoms with E-state index in [1.165, 1.54) is 25.7 Å². The molecule has 1 heterocycles. The second-order valence-electron chi connectivity index (χ2n) is 5.17. The molecule has 2 aliphatic carbocycles. The fourth-order valence-electron chi connectivity index (χ4n) is 3.40. The molecule has 0 N–H and O–H groups in total. The lowest BCUT2D eigenvalue weighted by Gasteiger charge is -2.22. The van der Waals surface area contributed by atoms with Gasteiger partial charge in [0.15, 0.2) is 5.69 Å². The van der Waals surface area contributed by atoms with E-state index in [-0.39, 0.29) is 5.97 Å². The van der Waals surface area contributed by atoms with E-state index in [0.717, 1.165) is 11.8 Å². The highest BCUT2D eigenvalue weighted by atomic mass is 16.5. The topological polar surface area (TPSA) is 44.1 Å². The Hall–Kier alpha value is -1.32. The van der Waals surface area contributed by atoms with Crippen LogP contribution in [0.4, 0.5) is 0 Å². The van der Waals surface area contributed by atoms with Crippen molar-refractivity contribution < 1.29 is 9.53 Å². The summed E-state index contributed by atoms with van der Waals surface area (Å²) in [5.74, 6) is 1.39. The number of nitrogens with zero attached hydrogens (tertiary/aromatic N) is 2. The third kappa shape index (κ3) is 1.85. The van der Waals surface area contributed by atoms with Crippen molar-refractivity contribution >= 4 is 5.97 Å². The van der Waals surface area contributed by atoms with Crippen LogP contribution >= 0.6 is 0 Å². The van der Waals surface area contributed by atoms with Gasteiger partial charge in [-0.15, -0.1) is 0 Å². The van der Waals surface area contributed by atoms with Crippen LogP contribution in [0.5, 0.6) is 0 Å². The van der Waals surface area contributed by atoms with Crippen molar-refractivity contribution in [2.75, 3.05) is 6.61 Å². The molecule has 2 bridgehead atoms. The standard InChI is InChI=1S/C13H18N2O2/c1-2-17-13(16)11-7-15(8-14-11)12-6-9-3-4-10(12)5-9/h7-10,12H,2-6H2,1H3/t9-,10+,12-/m1/s1. The van der Waals surface area contributed by atoms with Gasteiger partial charge in [-0.25, -0.2) is 9.78 Å². The van der Waals surface area contributed by atoms with Gasteiger partial charge in [-0.2, -0.15) is 0 Å². The molecular formula is C13H18N2O2. The summed E-state index contributed by atoms with van der Waals surface area (Å²) in [4.78, 5) is 15.7. The van der Waals surface area contributed by atoms with E-state index in [0.29, 0.717) is 18.3 Å². The minimum absolute atomic E-state index is 0.311. The Labute approximate surface area is 101 Å². The van der Waals surface area contributed by atoms with E-state index >= 15 is 0 Å². The summed E-state index contributed by atoms with van der Waals surface area (Å²) < 4.78 is 7.07. The molecule has 0 radical (unpaired) electrons. The zero-order valence-corrected chi connectivity index (χ0v) is 10.1. The van der Waals surface area contributed by atoms with Crippen LogP contribution < -0.4 is 0 Å². The molecule has 4 nitrogen and oxygen atoms in total. The average Bonchev–Trinajstić information content (AvgIpc) is 3.05. The van der Waals surface area contributed by atoms with Crippen molar-refractivity contribution in [1.29, 1.82) is 0 Å². The number of aromatic nitrogens is 2. The van der Waals surface area contributed by atoms with Gasteiger partial charge >= 0.3 is 5.97 Å². The molecule has 0 amide bonds. The average molecular weight is 234 g/mol. The third-order valence-corrected chi connectivity index (χ3v) is 4.17. The van der Waals surface area contributed by atoms with Crippen LogP contribution in [0, 0.1) is 11.8 Å². The molecule has 1 aromatic rings. The molecule has 1 aromatic heterocycles. The Morgan fingerprint density at radius 1 is 1.53 bits per heavy atom. The Kier molecular flexibility index (Phi) is 2.65. The first kappa shape index (κ1) is 10.8. The maximum atomic E-state index is 11.5. The van der Waals surface area contributed by atoms with Crippen LogP contribution in [0.1, 0.15) is 49.1 Å². The van der Waals surface area contributed by atoms with E-state index in [1.807, 2.05) is 13.1 Å². The maximum absolute atomic E-state index is 11.5. The van der Waals surface area contributed by atoms with Crippen molar-refractivity contribution in [2.45, 2.75) is 38.6 Å². The van der Waals surface area contributed by atoms with Gasteiger partial charge in [-0.1, -0.05) is 6.42 Å². The third-order valence-electron chi connectivity index (χ3n) is 4.17. The SMILES string of the molecule is CCOC(=O)c1cn([C@@H]2C[C@@H]3CC[C@H]2C3)cn1. The summed E-state index contributed by atoms with van der Waals surface area (Å²) >= 11 is 0. The fraction of sp³-hybridized carbons (Fsp3) is 0.692. The lowest BCUT2D eigenvalue weighted by Crippen LogP contribution is -2.14. The normalized spacial score (nSPS) is 30.8. The van der Waals surface area contributed by atoms with Crippen LogP contribution in [0.25, 0.3) is 0 Å². The van der Waals surface area contributed by atoms with Crippen LogP contribution in [0.3, 0.4) is 0 Å². The molecule has 3 rings (SSSR count). The van der Waals surface area contributed by atoms with E-state index in [1.54, 1.807) is 6.33 Å². The Balaban J connectivity index is 1.74. The van der Waals surface area contributed by atoms with Crippen molar-refractivity contribution in [3.63, 3.8) is 0 Å². The molecule has 2 saturated carbocycles. The second-order valence-corrected chi connectivity index (χ2v) is 5.17. The summed E-state index contributed by atoms with van der Waals surface area (Å²) in [6, 6.07) is 0.560. The number of rotatable bonds is 3.